The maximum atomic E-state index is 3.35. The second-order valence-corrected chi connectivity index (χ2v) is 5.68. The number of rotatable bonds is 2. The molecule has 1 saturated carbocycles. The highest BCUT2D eigenvalue weighted by Gasteiger charge is 2.47. The SMILES string of the molecule is CNCC1CC2(CCC2)c2cc(C)ccc21. The molecule has 0 saturated heterocycles. The molecular weight excluding hydrogens is 194 g/mol. The second kappa shape index (κ2) is 3.59. The van der Waals surface area contributed by atoms with Gasteiger partial charge in [0.25, 0.3) is 0 Å². The molecule has 1 fully saturated rings. The molecule has 1 heteroatoms. The summed E-state index contributed by atoms with van der Waals surface area (Å²) in [5, 5.41) is 3.35. The normalized spacial score (nSPS) is 25.5. The standard InChI is InChI=1S/C15H21N/c1-11-4-5-13-12(10-16-2)9-15(6-3-7-15)14(13)8-11/h4-5,8,12,16H,3,6-7,9-10H2,1-2H3. The Labute approximate surface area is 98.3 Å². The van der Waals surface area contributed by atoms with Crippen LogP contribution in [-0.2, 0) is 5.41 Å². The Morgan fingerprint density at radius 1 is 1.38 bits per heavy atom. The molecule has 0 aromatic heterocycles. The Morgan fingerprint density at radius 2 is 2.19 bits per heavy atom. The van der Waals surface area contributed by atoms with Gasteiger partial charge in [0.1, 0.15) is 0 Å². The van der Waals surface area contributed by atoms with Crippen LogP contribution in [0.4, 0.5) is 0 Å². The summed E-state index contributed by atoms with van der Waals surface area (Å²) in [6.45, 7) is 3.36. The Bertz CT molecular complexity index is 404. The van der Waals surface area contributed by atoms with Crippen molar-refractivity contribution in [3.8, 4) is 0 Å². The first-order valence-electron chi connectivity index (χ1n) is 6.51. The third-order valence-electron chi connectivity index (χ3n) is 4.62. The van der Waals surface area contributed by atoms with Crippen LogP contribution in [0.2, 0.25) is 0 Å². The summed E-state index contributed by atoms with van der Waals surface area (Å²) in [7, 11) is 2.07. The van der Waals surface area contributed by atoms with Crippen LogP contribution in [-0.4, -0.2) is 13.6 Å². The number of fused-ring (bicyclic) bond motifs is 2. The minimum absolute atomic E-state index is 0.572. The van der Waals surface area contributed by atoms with Gasteiger partial charge in [-0.1, -0.05) is 30.2 Å². The monoisotopic (exact) mass is 215 g/mol. The van der Waals surface area contributed by atoms with E-state index in [1.54, 1.807) is 11.1 Å². The van der Waals surface area contributed by atoms with Crippen LogP contribution in [0, 0.1) is 6.92 Å². The van der Waals surface area contributed by atoms with E-state index in [-0.39, 0.29) is 0 Å². The third-order valence-corrected chi connectivity index (χ3v) is 4.62. The van der Waals surface area contributed by atoms with Crippen molar-refractivity contribution in [2.45, 2.75) is 43.9 Å². The average Bonchev–Trinajstić information content (AvgIpc) is 2.53. The van der Waals surface area contributed by atoms with E-state index in [1.165, 1.54) is 31.2 Å². The first-order valence-corrected chi connectivity index (χ1v) is 6.51. The van der Waals surface area contributed by atoms with E-state index in [1.807, 2.05) is 0 Å². The molecule has 2 aliphatic rings. The molecule has 0 aliphatic heterocycles. The van der Waals surface area contributed by atoms with Gasteiger partial charge in [-0.3, -0.25) is 0 Å². The van der Waals surface area contributed by atoms with Gasteiger partial charge in [-0.05, 0) is 55.7 Å². The quantitative estimate of drug-likeness (QED) is 0.799. The summed E-state index contributed by atoms with van der Waals surface area (Å²) in [5.41, 5.74) is 5.30. The summed E-state index contributed by atoms with van der Waals surface area (Å²) >= 11 is 0. The Morgan fingerprint density at radius 3 is 2.81 bits per heavy atom. The summed E-state index contributed by atoms with van der Waals surface area (Å²) in [4.78, 5) is 0. The number of nitrogens with one attached hydrogen (secondary N) is 1. The van der Waals surface area contributed by atoms with Crippen molar-refractivity contribution in [3.63, 3.8) is 0 Å². The Balaban J connectivity index is 2.03. The lowest BCUT2D eigenvalue weighted by Gasteiger charge is -2.40. The van der Waals surface area contributed by atoms with Crippen LogP contribution in [0.5, 0.6) is 0 Å². The fourth-order valence-electron chi connectivity index (χ4n) is 3.68. The molecule has 0 radical (unpaired) electrons. The zero-order chi connectivity index (χ0) is 11.2. The second-order valence-electron chi connectivity index (χ2n) is 5.68. The molecule has 1 atom stereocenters. The zero-order valence-corrected chi connectivity index (χ0v) is 10.3. The number of aryl methyl sites for hydroxylation is 1. The highest BCUT2D eigenvalue weighted by molar-refractivity contribution is 5.46. The summed E-state index contributed by atoms with van der Waals surface area (Å²) < 4.78 is 0. The smallest absolute Gasteiger partial charge is 0.00175 e. The molecule has 0 amide bonds. The maximum absolute atomic E-state index is 3.35. The molecule has 86 valence electrons. The van der Waals surface area contributed by atoms with Gasteiger partial charge in [0.05, 0.1) is 0 Å². The number of hydrogen-bond acceptors (Lipinski definition) is 1. The molecule has 1 N–H and O–H groups in total. The lowest BCUT2D eigenvalue weighted by Crippen LogP contribution is -2.32. The van der Waals surface area contributed by atoms with Gasteiger partial charge in [0.2, 0.25) is 0 Å². The lowest BCUT2D eigenvalue weighted by atomic mass is 9.65. The van der Waals surface area contributed by atoms with Gasteiger partial charge in [0, 0.05) is 6.54 Å². The van der Waals surface area contributed by atoms with Crippen LogP contribution in [0.25, 0.3) is 0 Å². The molecule has 1 nitrogen and oxygen atoms in total. The molecule has 3 rings (SSSR count). The molecule has 1 spiro atoms. The number of benzene rings is 1. The highest BCUT2D eigenvalue weighted by atomic mass is 14.8. The van der Waals surface area contributed by atoms with Crippen LogP contribution in [0.1, 0.15) is 48.3 Å². The molecule has 1 unspecified atom stereocenters. The van der Waals surface area contributed by atoms with Crippen molar-refractivity contribution in [1.29, 1.82) is 0 Å². The van der Waals surface area contributed by atoms with E-state index < -0.39 is 0 Å². The number of hydrogen-bond donors (Lipinski definition) is 1. The molecule has 16 heavy (non-hydrogen) atoms. The van der Waals surface area contributed by atoms with Crippen LogP contribution in [0.15, 0.2) is 18.2 Å². The lowest BCUT2D eigenvalue weighted by molar-refractivity contribution is 0.232. The first kappa shape index (κ1) is 10.3. The molecular formula is C15H21N. The fourth-order valence-corrected chi connectivity index (χ4v) is 3.68. The maximum Gasteiger partial charge on any atom is 0.00175 e. The minimum Gasteiger partial charge on any atom is -0.319 e. The van der Waals surface area contributed by atoms with E-state index in [9.17, 15) is 0 Å². The van der Waals surface area contributed by atoms with E-state index in [2.05, 4.69) is 37.5 Å². The highest BCUT2D eigenvalue weighted by Crippen LogP contribution is 2.56. The zero-order valence-electron chi connectivity index (χ0n) is 10.3. The van der Waals surface area contributed by atoms with Crippen LogP contribution >= 0.6 is 0 Å². The minimum atomic E-state index is 0.572. The predicted octanol–water partition coefficient (Wildman–Crippen LogP) is 3.12. The predicted molar refractivity (Wildman–Crippen MR) is 68.0 cm³/mol. The third kappa shape index (κ3) is 1.34. The average molecular weight is 215 g/mol. The largest absolute Gasteiger partial charge is 0.319 e. The number of likely N-dealkylation sites (N-methyl/N-ethyl adjacent to an activating group) is 1. The van der Waals surface area contributed by atoms with E-state index in [4.69, 9.17) is 0 Å². The summed E-state index contributed by atoms with van der Waals surface area (Å²) in [6.07, 6.45) is 5.65. The molecule has 2 aliphatic carbocycles. The van der Waals surface area contributed by atoms with Gasteiger partial charge in [0.15, 0.2) is 0 Å². The van der Waals surface area contributed by atoms with Crippen LogP contribution in [0.3, 0.4) is 0 Å². The Kier molecular flexibility index (Phi) is 2.32. The fraction of sp³-hybridized carbons (Fsp3) is 0.600. The van der Waals surface area contributed by atoms with Gasteiger partial charge in [-0.2, -0.15) is 0 Å². The molecule has 0 heterocycles. The van der Waals surface area contributed by atoms with E-state index in [0.717, 1.165) is 12.5 Å². The van der Waals surface area contributed by atoms with Gasteiger partial charge < -0.3 is 5.32 Å². The summed E-state index contributed by atoms with van der Waals surface area (Å²) in [6, 6.07) is 7.10. The van der Waals surface area contributed by atoms with E-state index >= 15 is 0 Å². The van der Waals surface area contributed by atoms with Crippen molar-refractivity contribution in [3.05, 3.63) is 34.9 Å². The Hall–Kier alpha value is -0.820. The topological polar surface area (TPSA) is 12.0 Å². The van der Waals surface area contributed by atoms with Crippen molar-refractivity contribution in [2.75, 3.05) is 13.6 Å². The van der Waals surface area contributed by atoms with Gasteiger partial charge in [-0.15, -0.1) is 0 Å². The molecule has 1 aromatic rings. The van der Waals surface area contributed by atoms with Crippen molar-refractivity contribution >= 4 is 0 Å². The van der Waals surface area contributed by atoms with Gasteiger partial charge >= 0.3 is 0 Å². The first-order chi connectivity index (χ1) is 7.75. The molecule has 0 bridgehead atoms. The van der Waals surface area contributed by atoms with Crippen molar-refractivity contribution in [1.82, 2.24) is 5.32 Å². The van der Waals surface area contributed by atoms with Crippen molar-refractivity contribution < 1.29 is 0 Å². The van der Waals surface area contributed by atoms with E-state index in [0.29, 0.717) is 5.41 Å². The summed E-state index contributed by atoms with van der Waals surface area (Å²) in [5.74, 6) is 0.751. The van der Waals surface area contributed by atoms with Crippen LogP contribution < -0.4 is 5.32 Å². The van der Waals surface area contributed by atoms with Gasteiger partial charge in [-0.25, -0.2) is 0 Å². The molecule has 1 aromatic carbocycles. The van der Waals surface area contributed by atoms with Crippen molar-refractivity contribution in [2.24, 2.45) is 0 Å².